The molecule has 0 aliphatic rings. The molecule has 17 heavy (non-hydrogen) atoms. The van der Waals surface area contributed by atoms with Crippen LogP contribution in [0.1, 0.15) is 41.5 Å². The van der Waals surface area contributed by atoms with Crippen molar-refractivity contribution in [1.29, 1.82) is 0 Å². The Hall–Kier alpha value is -1.69. The third kappa shape index (κ3) is 2.52. The molecule has 2 aromatic rings. The first-order valence-corrected chi connectivity index (χ1v) is 6.22. The molecule has 0 atom stereocenters. The second kappa shape index (κ2) is 4.67. The second-order valence-corrected chi connectivity index (χ2v) is 4.95. The van der Waals surface area contributed by atoms with Crippen LogP contribution in [-0.4, -0.2) is 21.1 Å². The molecular formula is C11H14N4OS. The molecule has 1 amide bonds. The molecular weight excluding hydrogens is 236 g/mol. The highest BCUT2D eigenvalue weighted by Gasteiger charge is 2.13. The number of H-pyrrole nitrogens is 1. The minimum absolute atomic E-state index is 0.180. The van der Waals surface area contributed by atoms with Gasteiger partial charge >= 0.3 is 0 Å². The van der Waals surface area contributed by atoms with Crippen LogP contribution in [0, 0.1) is 6.92 Å². The summed E-state index contributed by atoms with van der Waals surface area (Å²) in [5.74, 6) is 0.188. The Labute approximate surface area is 103 Å². The molecule has 0 unspecified atom stereocenters. The number of nitrogens with one attached hydrogen (secondary N) is 2. The maximum absolute atomic E-state index is 11.9. The fourth-order valence-electron chi connectivity index (χ4n) is 1.35. The molecule has 0 bridgehead atoms. The number of hydrogen-bond donors (Lipinski definition) is 2. The van der Waals surface area contributed by atoms with Crippen molar-refractivity contribution in [2.75, 3.05) is 5.32 Å². The lowest BCUT2D eigenvalue weighted by Crippen LogP contribution is -2.12. The Balaban J connectivity index is 2.11. The lowest BCUT2D eigenvalue weighted by Gasteiger charge is -2.00. The summed E-state index contributed by atoms with van der Waals surface area (Å²) in [5.41, 5.74) is 2.30. The van der Waals surface area contributed by atoms with Gasteiger partial charge in [0.2, 0.25) is 0 Å². The van der Waals surface area contributed by atoms with Crippen molar-refractivity contribution in [3.63, 3.8) is 0 Å². The van der Waals surface area contributed by atoms with Gasteiger partial charge < -0.3 is 0 Å². The normalized spacial score (nSPS) is 10.8. The number of aryl methyl sites for hydroxylation is 1. The zero-order chi connectivity index (χ0) is 12.4. The van der Waals surface area contributed by atoms with E-state index in [1.807, 2.05) is 12.3 Å². The number of aromatic nitrogens is 3. The quantitative estimate of drug-likeness (QED) is 0.879. The van der Waals surface area contributed by atoms with E-state index >= 15 is 0 Å². The number of carbonyl (C=O) groups is 1. The SMILES string of the molecule is Cc1[nH]ncc1C(=O)Nc1nc(C(C)C)cs1. The van der Waals surface area contributed by atoms with E-state index < -0.39 is 0 Å². The molecule has 0 aliphatic carbocycles. The Morgan fingerprint density at radius 1 is 1.53 bits per heavy atom. The number of anilines is 1. The summed E-state index contributed by atoms with van der Waals surface area (Å²) in [4.78, 5) is 16.2. The molecule has 2 aromatic heterocycles. The number of thiazole rings is 1. The molecule has 6 heteroatoms. The summed E-state index contributed by atoms with van der Waals surface area (Å²) in [6.07, 6.45) is 1.52. The van der Waals surface area contributed by atoms with Crippen LogP contribution in [0.4, 0.5) is 5.13 Å². The number of carbonyl (C=O) groups excluding carboxylic acids is 1. The minimum Gasteiger partial charge on any atom is -0.298 e. The molecule has 90 valence electrons. The molecule has 2 rings (SSSR count). The Kier molecular flexibility index (Phi) is 3.23. The number of aromatic amines is 1. The third-order valence-corrected chi connectivity index (χ3v) is 3.18. The van der Waals surface area contributed by atoms with Crippen LogP contribution >= 0.6 is 11.3 Å². The first kappa shape index (κ1) is 11.8. The van der Waals surface area contributed by atoms with Gasteiger partial charge in [0, 0.05) is 11.1 Å². The maximum Gasteiger partial charge on any atom is 0.260 e. The fourth-order valence-corrected chi connectivity index (χ4v) is 2.22. The van der Waals surface area contributed by atoms with Gasteiger partial charge in [0.05, 0.1) is 17.5 Å². The topological polar surface area (TPSA) is 70.7 Å². The van der Waals surface area contributed by atoms with Gasteiger partial charge in [-0.3, -0.25) is 15.2 Å². The number of hydrogen-bond acceptors (Lipinski definition) is 4. The number of amides is 1. The van der Waals surface area contributed by atoms with E-state index in [2.05, 4.69) is 34.3 Å². The van der Waals surface area contributed by atoms with E-state index in [-0.39, 0.29) is 5.91 Å². The zero-order valence-corrected chi connectivity index (χ0v) is 10.8. The predicted octanol–water partition coefficient (Wildman–Crippen LogP) is 2.55. The Morgan fingerprint density at radius 2 is 2.29 bits per heavy atom. The summed E-state index contributed by atoms with van der Waals surface area (Å²) in [7, 11) is 0. The average Bonchev–Trinajstić information content (AvgIpc) is 2.86. The van der Waals surface area contributed by atoms with E-state index in [0.717, 1.165) is 11.4 Å². The summed E-state index contributed by atoms with van der Waals surface area (Å²) in [5, 5.41) is 11.9. The Morgan fingerprint density at radius 3 is 2.82 bits per heavy atom. The number of rotatable bonds is 3. The number of nitrogens with zero attached hydrogens (tertiary/aromatic N) is 2. The molecule has 0 aromatic carbocycles. The first-order chi connectivity index (χ1) is 8.08. The molecule has 0 radical (unpaired) electrons. The van der Waals surface area contributed by atoms with Crippen LogP contribution in [0.3, 0.4) is 0 Å². The molecule has 2 N–H and O–H groups in total. The van der Waals surface area contributed by atoms with Crippen molar-refractivity contribution in [1.82, 2.24) is 15.2 Å². The molecule has 0 fully saturated rings. The van der Waals surface area contributed by atoms with Gasteiger partial charge in [0.15, 0.2) is 5.13 Å². The zero-order valence-electron chi connectivity index (χ0n) is 9.94. The predicted molar refractivity (Wildman–Crippen MR) is 67.5 cm³/mol. The van der Waals surface area contributed by atoms with Crippen molar-refractivity contribution >= 4 is 22.4 Å². The fraction of sp³-hybridized carbons (Fsp3) is 0.364. The van der Waals surface area contributed by atoms with Gasteiger partial charge in [-0.2, -0.15) is 5.10 Å². The first-order valence-electron chi connectivity index (χ1n) is 5.34. The van der Waals surface area contributed by atoms with E-state index in [1.165, 1.54) is 17.5 Å². The van der Waals surface area contributed by atoms with Crippen molar-refractivity contribution in [3.05, 3.63) is 28.5 Å². The molecule has 5 nitrogen and oxygen atoms in total. The highest BCUT2D eigenvalue weighted by atomic mass is 32.1. The van der Waals surface area contributed by atoms with E-state index in [4.69, 9.17) is 0 Å². The molecule has 0 spiro atoms. The third-order valence-electron chi connectivity index (χ3n) is 2.41. The largest absolute Gasteiger partial charge is 0.298 e. The molecule has 0 saturated heterocycles. The van der Waals surface area contributed by atoms with Gasteiger partial charge in [0.25, 0.3) is 5.91 Å². The highest BCUT2D eigenvalue weighted by Crippen LogP contribution is 2.22. The smallest absolute Gasteiger partial charge is 0.260 e. The summed E-state index contributed by atoms with van der Waals surface area (Å²) < 4.78 is 0. The molecule has 2 heterocycles. The summed E-state index contributed by atoms with van der Waals surface area (Å²) in [6, 6.07) is 0. The van der Waals surface area contributed by atoms with Crippen LogP contribution < -0.4 is 5.32 Å². The van der Waals surface area contributed by atoms with Crippen LogP contribution in [0.15, 0.2) is 11.6 Å². The van der Waals surface area contributed by atoms with Gasteiger partial charge in [-0.05, 0) is 12.8 Å². The Bertz CT molecular complexity index is 529. The molecule has 0 saturated carbocycles. The van der Waals surface area contributed by atoms with Gasteiger partial charge in [-0.25, -0.2) is 4.98 Å². The van der Waals surface area contributed by atoms with Crippen molar-refractivity contribution in [2.45, 2.75) is 26.7 Å². The average molecular weight is 250 g/mol. The molecule has 0 aliphatic heterocycles. The van der Waals surface area contributed by atoms with Crippen LogP contribution in [0.2, 0.25) is 0 Å². The lowest BCUT2D eigenvalue weighted by atomic mass is 10.2. The monoisotopic (exact) mass is 250 g/mol. The van der Waals surface area contributed by atoms with Gasteiger partial charge in [-0.15, -0.1) is 11.3 Å². The van der Waals surface area contributed by atoms with Crippen molar-refractivity contribution in [2.24, 2.45) is 0 Å². The van der Waals surface area contributed by atoms with Crippen LogP contribution in [0.25, 0.3) is 0 Å². The van der Waals surface area contributed by atoms with Crippen LogP contribution in [0.5, 0.6) is 0 Å². The van der Waals surface area contributed by atoms with E-state index in [9.17, 15) is 4.79 Å². The summed E-state index contributed by atoms with van der Waals surface area (Å²) in [6.45, 7) is 5.95. The van der Waals surface area contributed by atoms with Crippen molar-refractivity contribution < 1.29 is 4.79 Å². The summed E-state index contributed by atoms with van der Waals surface area (Å²) >= 11 is 1.44. The maximum atomic E-state index is 11.9. The van der Waals surface area contributed by atoms with Gasteiger partial charge in [-0.1, -0.05) is 13.8 Å². The van der Waals surface area contributed by atoms with Gasteiger partial charge in [0.1, 0.15) is 0 Å². The lowest BCUT2D eigenvalue weighted by molar-refractivity contribution is 0.102. The van der Waals surface area contributed by atoms with Crippen molar-refractivity contribution in [3.8, 4) is 0 Å². The van der Waals surface area contributed by atoms with Crippen LogP contribution in [-0.2, 0) is 0 Å². The highest BCUT2D eigenvalue weighted by molar-refractivity contribution is 7.14. The van der Waals surface area contributed by atoms with E-state index in [0.29, 0.717) is 16.6 Å². The standard InChI is InChI=1S/C11H14N4OS/c1-6(2)9-5-17-11(13-9)14-10(16)8-4-12-15-7(8)3/h4-6H,1-3H3,(H,12,15)(H,13,14,16). The second-order valence-electron chi connectivity index (χ2n) is 4.10. The van der Waals surface area contributed by atoms with E-state index in [1.54, 1.807) is 0 Å². The minimum atomic E-state index is -0.180.